The Morgan fingerprint density at radius 2 is 2.12 bits per heavy atom. The summed E-state index contributed by atoms with van der Waals surface area (Å²) in [5.41, 5.74) is 1.09. The Labute approximate surface area is 111 Å². The first kappa shape index (κ1) is 14.2. The minimum absolute atomic E-state index is 0.0153. The first-order chi connectivity index (χ1) is 8.15. The highest BCUT2D eigenvalue weighted by Gasteiger charge is 2.11. The molecule has 17 heavy (non-hydrogen) atoms. The molecule has 0 radical (unpaired) electrons. The van der Waals surface area contributed by atoms with Gasteiger partial charge in [0.1, 0.15) is 0 Å². The van der Waals surface area contributed by atoms with Crippen molar-refractivity contribution in [3.05, 3.63) is 34.3 Å². The summed E-state index contributed by atoms with van der Waals surface area (Å²) in [6, 6.07) is 7.94. The van der Waals surface area contributed by atoms with Crippen molar-refractivity contribution in [2.75, 3.05) is 13.1 Å². The van der Waals surface area contributed by atoms with E-state index in [0.717, 1.165) is 23.0 Å². The van der Waals surface area contributed by atoms with E-state index >= 15 is 0 Å². The summed E-state index contributed by atoms with van der Waals surface area (Å²) in [4.78, 5) is 11.6. The fraction of sp³-hybridized carbons (Fsp3) is 0.462. The van der Waals surface area contributed by atoms with Gasteiger partial charge in [-0.2, -0.15) is 0 Å². The number of rotatable bonds is 6. The number of nitrogens with one attached hydrogen (secondary N) is 2. The van der Waals surface area contributed by atoms with Crippen LogP contribution in [0.3, 0.4) is 0 Å². The third kappa shape index (κ3) is 4.88. The van der Waals surface area contributed by atoms with Gasteiger partial charge in [0.15, 0.2) is 0 Å². The maximum absolute atomic E-state index is 11.6. The number of carbonyl (C=O) groups excluding carboxylic acids is 1. The van der Waals surface area contributed by atoms with Gasteiger partial charge < -0.3 is 10.6 Å². The van der Waals surface area contributed by atoms with E-state index in [1.54, 1.807) is 0 Å². The Morgan fingerprint density at radius 3 is 2.76 bits per heavy atom. The number of amides is 1. The molecule has 0 saturated carbocycles. The Kier molecular flexibility index (Phi) is 6.22. The lowest BCUT2D eigenvalue weighted by molar-refractivity contribution is -0.120. The average Bonchev–Trinajstić information content (AvgIpc) is 2.29. The van der Waals surface area contributed by atoms with Crippen LogP contribution in [0.2, 0.25) is 0 Å². The Bertz CT molecular complexity index is 368. The summed E-state index contributed by atoms with van der Waals surface area (Å²) < 4.78 is 1.02. The van der Waals surface area contributed by atoms with Crippen molar-refractivity contribution in [2.24, 2.45) is 0 Å². The van der Waals surface area contributed by atoms with Gasteiger partial charge in [0.05, 0.1) is 12.6 Å². The van der Waals surface area contributed by atoms with Crippen LogP contribution in [0.4, 0.5) is 0 Å². The molecule has 2 N–H and O–H groups in total. The predicted molar refractivity (Wildman–Crippen MR) is 73.9 cm³/mol. The molecule has 0 aliphatic carbocycles. The zero-order valence-electron chi connectivity index (χ0n) is 10.3. The van der Waals surface area contributed by atoms with Gasteiger partial charge in [0.2, 0.25) is 5.91 Å². The lowest BCUT2D eigenvalue weighted by Crippen LogP contribution is -2.35. The first-order valence-corrected chi connectivity index (χ1v) is 6.69. The zero-order valence-corrected chi connectivity index (χ0v) is 11.9. The summed E-state index contributed by atoms with van der Waals surface area (Å²) in [5, 5.41) is 6.05. The van der Waals surface area contributed by atoms with Gasteiger partial charge in [0, 0.05) is 4.47 Å². The molecule has 0 heterocycles. The largest absolute Gasteiger partial charge is 0.348 e. The van der Waals surface area contributed by atoms with E-state index < -0.39 is 0 Å². The van der Waals surface area contributed by atoms with Crippen LogP contribution in [0.25, 0.3) is 0 Å². The highest BCUT2D eigenvalue weighted by molar-refractivity contribution is 9.10. The topological polar surface area (TPSA) is 41.1 Å². The lowest BCUT2D eigenvalue weighted by atomic mass is 10.1. The van der Waals surface area contributed by atoms with E-state index in [1.807, 2.05) is 31.2 Å². The van der Waals surface area contributed by atoms with Gasteiger partial charge in [-0.15, -0.1) is 0 Å². The third-order valence-corrected chi connectivity index (χ3v) is 3.18. The van der Waals surface area contributed by atoms with Crippen LogP contribution in [0.15, 0.2) is 28.7 Å². The molecule has 1 aromatic rings. The summed E-state index contributed by atoms with van der Waals surface area (Å²) >= 11 is 3.48. The second-order valence-corrected chi connectivity index (χ2v) is 4.84. The van der Waals surface area contributed by atoms with E-state index in [9.17, 15) is 4.79 Å². The molecule has 0 spiro atoms. The van der Waals surface area contributed by atoms with Gasteiger partial charge in [-0.1, -0.05) is 41.1 Å². The Hall–Kier alpha value is -0.870. The standard InChI is InChI=1S/C13H19BrN2O/c1-3-8-15-9-13(17)16-10(2)11-6-4-5-7-12(11)14/h4-7,10,15H,3,8-9H2,1-2H3,(H,16,17)/t10-/m0/s1. The van der Waals surface area contributed by atoms with Gasteiger partial charge in [-0.05, 0) is 31.5 Å². The minimum atomic E-state index is 0.0153. The monoisotopic (exact) mass is 298 g/mol. The van der Waals surface area contributed by atoms with Gasteiger partial charge in [-0.25, -0.2) is 0 Å². The number of hydrogen-bond acceptors (Lipinski definition) is 2. The highest BCUT2D eigenvalue weighted by Crippen LogP contribution is 2.22. The molecule has 0 aliphatic rings. The molecule has 94 valence electrons. The number of hydrogen-bond donors (Lipinski definition) is 2. The third-order valence-electron chi connectivity index (χ3n) is 2.46. The zero-order chi connectivity index (χ0) is 12.7. The number of carbonyl (C=O) groups is 1. The van der Waals surface area contributed by atoms with Crippen molar-refractivity contribution in [2.45, 2.75) is 26.3 Å². The van der Waals surface area contributed by atoms with Crippen LogP contribution in [0, 0.1) is 0 Å². The fourth-order valence-electron chi connectivity index (χ4n) is 1.58. The van der Waals surface area contributed by atoms with Crippen molar-refractivity contribution in [1.82, 2.24) is 10.6 Å². The maximum atomic E-state index is 11.6. The molecular formula is C13H19BrN2O. The summed E-state index contributed by atoms with van der Waals surface area (Å²) in [6.07, 6.45) is 1.03. The van der Waals surface area contributed by atoms with Crippen molar-refractivity contribution in [1.29, 1.82) is 0 Å². The fourth-order valence-corrected chi connectivity index (χ4v) is 2.20. The van der Waals surface area contributed by atoms with Gasteiger partial charge >= 0.3 is 0 Å². The van der Waals surface area contributed by atoms with E-state index in [4.69, 9.17) is 0 Å². The molecule has 0 saturated heterocycles. The molecule has 1 rings (SSSR count). The van der Waals surface area contributed by atoms with Crippen LogP contribution in [-0.4, -0.2) is 19.0 Å². The first-order valence-electron chi connectivity index (χ1n) is 5.89. The lowest BCUT2D eigenvalue weighted by Gasteiger charge is -2.16. The Morgan fingerprint density at radius 1 is 1.41 bits per heavy atom. The van der Waals surface area contributed by atoms with Crippen LogP contribution < -0.4 is 10.6 Å². The van der Waals surface area contributed by atoms with Crippen molar-refractivity contribution in [3.8, 4) is 0 Å². The molecule has 1 amide bonds. The Balaban J connectivity index is 2.46. The van der Waals surface area contributed by atoms with Gasteiger partial charge in [0.25, 0.3) is 0 Å². The van der Waals surface area contributed by atoms with Crippen LogP contribution >= 0.6 is 15.9 Å². The van der Waals surface area contributed by atoms with Crippen molar-refractivity contribution < 1.29 is 4.79 Å². The predicted octanol–water partition coefficient (Wildman–Crippen LogP) is 2.63. The quantitative estimate of drug-likeness (QED) is 0.793. The van der Waals surface area contributed by atoms with Gasteiger partial charge in [-0.3, -0.25) is 4.79 Å². The smallest absolute Gasteiger partial charge is 0.234 e. The number of benzene rings is 1. The average molecular weight is 299 g/mol. The summed E-state index contributed by atoms with van der Waals surface area (Å²) in [5.74, 6) is 0.0294. The number of halogens is 1. The molecule has 3 nitrogen and oxygen atoms in total. The van der Waals surface area contributed by atoms with E-state index in [1.165, 1.54) is 0 Å². The van der Waals surface area contributed by atoms with E-state index in [-0.39, 0.29) is 11.9 Å². The normalized spacial score (nSPS) is 12.2. The minimum Gasteiger partial charge on any atom is -0.348 e. The second-order valence-electron chi connectivity index (χ2n) is 3.99. The van der Waals surface area contributed by atoms with Crippen LogP contribution in [0.1, 0.15) is 31.9 Å². The molecule has 0 unspecified atom stereocenters. The summed E-state index contributed by atoms with van der Waals surface area (Å²) in [7, 11) is 0. The highest BCUT2D eigenvalue weighted by atomic mass is 79.9. The molecule has 4 heteroatoms. The molecular weight excluding hydrogens is 280 g/mol. The maximum Gasteiger partial charge on any atom is 0.234 e. The second kappa shape index (κ2) is 7.45. The molecule has 0 fully saturated rings. The molecule has 0 aliphatic heterocycles. The summed E-state index contributed by atoms with van der Waals surface area (Å²) in [6.45, 7) is 5.31. The van der Waals surface area contributed by atoms with Crippen LogP contribution in [-0.2, 0) is 4.79 Å². The molecule has 0 bridgehead atoms. The molecule has 1 atom stereocenters. The molecule has 0 aromatic heterocycles. The van der Waals surface area contributed by atoms with E-state index in [0.29, 0.717) is 6.54 Å². The SMILES string of the molecule is CCCNCC(=O)N[C@@H](C)c1ccccc1Br. The van der Waals surface area contributed by atoms with Crippen molar-refractivity contribution in [3.63, 3.8) is 0 Å². The van der Waals surface area contributed by atoms with Crippen LogP contribution in [0.5, 0.6) is 0 Å². The van der Waals surface area contributed by atoms with Crippen molar-refractivity contribution >= 4 is 21.8 Å². The molecule has 1 aromatic carbocycles. The van der Waals surface area contributed by atoms with E-state index in [2.05, 4.69) is 33.5 Å².